The summed E-state index contributed by atoms with van der Waals surface area (Å²) in [5.41, 5.74) is -0.0875. The molecule has 5 heteroatoms. The van der Waals surface area contributed by atoms with E-state index in [1.54, 1.807) is 0 Å². The maximum Gasteiger partial charge on any atom is 0.194 e. The Morgan fingerprint density at radius 3 is 2.07 bits per heavy atom. The van der Waals surface area contributed by atoms with Crippen molar-refractivity contribution in [3.63, 3.8) is 0 Å². The largest absolute Gasteiger partial charge is 0.396 e. The highest BCUT2D eigenvalue weighted by molar-refractivity contribution is 5.21. The number of halogens is 3. The lowest BCUT2D eigenvalue weighted by atomic mass is 10.1. The van der Waals surface area contributed by atoms with Crippen LogP contribution in [0, 0.1) is 17.5 Å². The van der Waals surface area contributed by atoms with E-state index in [9.17, 15) is 18.3 Å². The second-order valence-electron chi connectivity index (χ2n) is 2.83. The van der Waals surface area contributed by atoms with E-state index in [0.717, 1.165) is 0 Å². The third-order valence-corrected chi connectivity index (χ3v) is 1.79. The SMILES string of the molecule is OCCC(O)c1cc(F)c(F)c(F)c1. The molecule has 0 saturated carbocycles. The fourth-order valence-electron chi connectivity index (χ4n) is 1.06. The van der Waals surface area contributed by atoms with Gasteiger partial charge in [-0.15, -0.1) is 0 Å². The van der Waals surface area contributed by atoms with Crippen molar-refractivity contribution >= 4 is 0 Å². The summed E-state index contributed by atoms with van der Waals surface area (Å²) in [7, 11) is 0. The quantitative estimate of drug-likeness (QED) is 0.736. The molecule has 1 aromatic carbocycles. The Morgan fingerprint density at radius 1 is 1.14 bits per heavy atom. The molecule has 0 aromatic heterocycles. The molecule has 14 heavy (non-hydrogen) atoms. The Kier molecular flexibility index (Phi) is 3.49. The number of rotatable bonds is 3. The predicted molar refractivity (Wildman–Crippen MR) is 43.0 cm³/mol. The Hall–Kier alpha value is -1.07. The van der Waals surface area contributed by atoms with E-state index in [4.69, 9.17) is 5.11 Å². The molecule has 0 fully saturated rings. The molecule has 1 atom stereocenters. The second kappa shape index (κ2) is 4.43. The topological polar surface area (TPSA) is 40.5 Å². The zero-order chi connectivity index (χ0) is 10.7. The number of hydrogen-bond acceptors (Lipinski definition) is 2. The molecule has 1 aromatic rings. The highest BCUT2D eigenvalue weighted by Gasteiger charge is 2.14. The van der Waals surface area contributed by atoms with Gasteiger partial charge in [0.2, 0.25) is 0 Å². The van der Waals surface area contributed by atoms with Crippen LogP contribution in [0.5, 0.6) is 0 Å². The van der Waals surface area contributed by atoms with Crippen molar-refractivity contribution in [1.29, 1.82) is 0 Å². The molecule has 2 N–H and O–H groups in total. The molecule has 0 spiro atoms. The van der Waals surface area contributed by atoms with Crippen LogP contribution in [-0.2, 0) is 0 Å². The molecule has 0 amide bonds. The monoisotopic (exact) mass is 206 g/mol. The Labute approximate surface area is 78.6 Å². The lowest BCUT2D eigenvalue weighted by Crippen LogP contribution is -2.03. The summed E-state index contributed by atoms with van der Waals surface area (Å²) in [5.74, 6) is -4.26. The molecule has 1 unspecified atom stereocenters. The molecule has 2 nitrogen and oxygen atoms in total. The third kappa shape index (κ3) is 2.24. The first-order valence-corrected chi connectivity index (χ1v) is 3.99. The first-order chi connectivity index (χ1) is 6.56. The van der Waals surface area contributed by atoms with Crippen LogP contribution in [0.1, 0.15) is 18.1 Å². The van der Waals surface area contributed by atoms with Crippen molar-refractivity contribution < 1.29 is 23.4 Å². The van der Waals surface area contributed by atoms with Gasteiger partial charge in [0.15, 0.2) is 17.5 Å². The van der Waals surface area contributed by atoms with Gasteiger partial charge in [0.05, 0.1) is 6.10 Å². The van der Waals surface area contributed by atoms with Crippen LogP contribution in [0.2, 0.25) is 0 Å². The van der Waals surface area contributed by atoms with Gasteiger partial charge in [-0.2, -0.15) is 0 Å². The van der Waals surface area contributed by atoms with Gasteiger partial charge in [0, 0.05) is 13.0 Å². The van der Waals surface area contributed by atoms with E-state index in [1.165, 1.54) is 0 Å². The minimum atomic E-state index is -1.56. The molecule has 0 heterocycles. The molecule has 1 rings (SSSR count). The molecule has 0 radical (unpaired) electrons. The normalized spacial score (nSPS) is 12.9. The van der Waals surface area contributed by atoms with Gasteiger partial charge in [-0.05, 0) is 17.7 Å². The van der Waals surface area contributed by atoms with E-state index < -0.39 is 23.6 Å². The summed E-state index contributed by atoms with van der Waals surface area (Å²) in [5, 5.41) is 17.7. The van der Waals surface area contributed by atoms with Crippen LogP contribution >= 0.6 is 0 Å². The van der Waals surface area contributed by atoms with Gasteiger partial charge in [0.1, 0.15) is 0 Å². The molecule has 0 aliphatic heterocycles. The summed E-state index contributed by atoms with van der Waals surface area (Å²) in [6.45, 7) is -0.318. The lowest BCUT2D eigenvalue weighted by molar-refractivity contribution is 0.133. The molecule has 78 valence electrons. The fraction of sp³-hybridized carbons (Fsp3) is 0.333. The third-order valence-electron chi connectivity index (χ3n) is 1.79. The molecular weight excluding hydrogens is 197 g/mol. The van der Waals surface area contributed by atoms with Crippen molar-refractivity contribution in [1.82, 2.24) is 0 Å². The van der Waals surface area contributed by atoms with E-state index >= 15 is 0 Å². The number of hydrogen-bond donors (Lipinski definition) is 2. The maximum absolute atomic E-state index is 12.7. The van der Waals surface area contributed by atoms with E-state index in [0.29, 0.717) is 12.1 Å². The maximum atomic E-state index is 12.7. The second-order valence-corrected chi connectivity index (χ2v) is 2.83. The number of benzene rings is 1. The average molecular weight is 206 g/mol. The van der Waals surface area contributed by atoms with Crippen molar-refractivity contribution in [3.05, 3.63) is 35.1 Å². The first-order valence-electron chi connectivity index (χ1n) is 3.99. The summed E-state index contributed by atoms with van der Waals surface area (Å²) in [6, 6.07) is 1.41. The average Bonchev–Trinajstić information content (AvgIpc) is 2.13. The lowest BCUT2D eigenvalue weighted by Gasteiger charge is -2.09. The summed E-state index contributed by atoms with van der Waals surface area (Å²) >= 11 is 0. The zero-order valence-corrected chi connectivity index (χ0v) is 7.17. The van der Waals surface area contributed by atoms with Gasteiger partial charge in [-0.25, -0.2) is 13.2 Å². The van der Waals surface area contributed by atoms with Crippen LogP contribution in [0.25, 0.3) is 0 Å². The predicted octanol–water partition coefficient (Wildman–Crippen LogP) is 1.52. The fourth-order valence-corrected chi connectivity index (χ4v) is 1.06. The van der Waals surface area contributed by atoms with Gasteiger partial charge < -0.3 is 10.2 Å². The van der Waals surface area contributed by atoms with Gasteiger partial charge in [0.25, 0.3) is 0 Å². The van der Waals surface area contributed by atoms with E-state index in [2.05, 4.69) is 0 Å². The molecular formula is C9H9F3O2. The van der Waals surface area contributed by atoms with Crippen molar-refractivity contribution in [3.8, 4) is 0 Å². The Bertz CT molecular complexity index is 305. The number of aliphatic hydroxyl groups is 2. The van der Waals surface area contributed by atoms with Crippen LogP contribution in [0.4, 0.5) is 13.2 Å². The first kappa shape index (κ1) is 11.0. The summed E-state index contributed by atoms with van der Waals surface area (Å²) < 4.78 is 37.8. The van der Waals surface area contributed by atoms with Gasteiger partial charge in [-0.3, -0.25) is 0 Å². The zero-order valence-electron chi connectivity index (χ0n) is 7.17. The van der Waals surface area contributed by atoms with Crippen molar-refractivity contribution in [2.24, 2.45) is 0 Å². The van der Waals surface area contributed by atoms with Crippen LogP contribution in [0.15, 0.2) is 12.1 Å². The van der Waals surface area contributed by atoms with Gasteiger partial charge in [-0.1, -0.05) is 0 Å². The minimum absolute atomic E-state index is 0.0511. The van der Waals surface area contributed by atoms with Crippen LogP contribution in [0.3, 0.4) is 0 Å². The Morgan fingerprint density at radius 2 is 1.64 bits per heavy atom. The summed E-state index contributed by atoms with van der Waals surface area (Å²) in [4.78, 5) is 0. The number of aliphatic hydroxyl groups excluding tert-OH is 2. The van der Waals surface area contributed by atoms with Crippen LogP contribution < -0.4 is 0 Å². The smallest absolute Gasteiger partial charge is 0.194 e. The van der Waals surface area contributed by atoms with Crippen LogP contribution in [-0.4, -0.2) is 16.8 Å². The van der Waals surface area contributed by atoms with E-state index in [1.807, 2.05) is 0 Å². The highest BCUT2D eigenvalue weighted by Crippen LogP contribution is 2.21. The van der Waals surface area contributed by atoms with Crippen molar-refractivity contribution in [2.45, 2.75) is 12.5 Å². The van der Waals surface area contributed by atoms with Crippen molar-refractivity contribution in [2.75, 3.05) is 6.61 Å². The standard InChI is InChI=1S/C9H9F3O2/c10-6-3-5(8(14)1-2-13)4-7(11)9(6)12/h3-4,8,13-14H,1-2H2. The molecule has 0 saturated heterocycles. The Balaban J connectivity index is 3.00. The molecule has 0 aliphatic rings. The molecule has 0 aliphatic carbocycles. The minimum Gasteiger partial charge on any atom is -0.396 e. The summed E-state index contributed by atoms with van der Waals surface area (Å²) in [6.07, 6.45) is -1.24. The van der Waals surface area contributed by atoms with Gasteiger partial charge >= 0.3 is 0 Å². The highest BCUT2D eigenvalue weighted by atomic mass is 19.2. The molecule has 0 bridgehead atoms. The van der Waals surface area contributed by atoms with E-state index in [-0.39, 0.29) is 18.6 Å².